The Morgan fingerprint density at radius 1 is 1.35 bits per heavy atom. The summed E-state index contributed by atoms with van der Waals surface area (Å²) in [4.78, 5) is 0. The summed E-state index contributed by atoms with van der Waals surface area (Å²) in [6.45, 7) is 1.11. The second kappa shape index (κ2) is 4.81. The summed E-state index contributed by atoms with van der Waals surface area (Å²) in [6, 6.07) is 6.45. The summed E-state index contributed by atoms with van der Waals surface area (Å²) >= 11 is 2.16. The molecule has 2 nitrogen and oxygen atoms in total. The summed E-state index contributed by atoms with van der Waals surface area (Å²) in [5.74, 6) is 3.04. The molecule has 1 N–H and O–H groups in total. The molecule has 0 saturated carbocycles. The molecule has 0 amide bonds. The van der Waals surface area contributed by atoms with Gasteiger partial charge in [-0.2, -0.15) is 11.8 Å². The minimum absolute atomic E-state index is 0.717. The Balaban J connectivity index is 1.93. The molecule has 0 aromatic heterocycles. The van der Waals surface area contributed by atoms with Gasteiger partial charge in [-0.15, -0.1) is 0 Å². The lowest BCUT2D eigenvalue weighted by Crippen LogP contribution is -2.23. The summed E-state index contributed by atoms with van der Waals surface area (Å²) in [6.07, 6.45) is 4.03. The van der Waals surface area contributed by atoms with Crippen LogP contribution < -0.4 is 10.1 Å². The fourth-order valence-electron chi connectivity index (χ4n) is 2.96. The van der Waals surface area contributed by atoms with E-state index in [-0.39, 0.29) is 0 Å². The predicted molar refractivity (Wildman–Crippen MR) is 74.3 cm³/mol. The smallest absolute Gasteiger partial charge is 0.119 e. The van der Waals surface area contributed by atoms with Crippen LogP contribution in [0.5, 0.6) is 5.75 Å². The molecule has 3 rings (SSSR count). The van der Waals surface area contributed by atoms with Gasteiger partial charge in [0.1, 0.15) is 5.75 Å². The van der Waals surface area contributed by atoms with Crippen LogP contribution in [-0.2, 0) is 0 Å². The van der Waals surface area contributed by atoms with Crippen LogP contribution >= 0.6 is 11.8 Å². The van der Waals surface area contributed by atoms with Crippen molar-refractivity contribution in [3.63, 3.8) is 0 Å². The van der Waals surface area contributed by atoms with Crippen LogP contribution in [0.25, 0.3) is 0 Å². The molecule has 1 aromatic rings. The summed E-state index contributed by atoms with van der Waals surface area (Å²) in [5.41, 5.74) is 2.78. The molecule has 1 fully saturated rings. The molecule has 0 radical (unpaired) electrons. The van der Waals surface area contributed by atoms with Crippen molar-refractivity contribution in [2.45, 2.75) is 30.4 Å². The van der Waals surface area contributed by atoms with E-state index in [2.05, 4.69) is 35.3 Å². The third-order valence-electron chi connectivity index (χ3n) is 3.84. The number of anilines is 1. The van der Waals surface area contributed by atoms with Crippen molar-refractivity contribution < 1.29 is 4.74 Å². The lowest BCUT2D eigenvalue weighted by atomic mass is 9.86. The van der Waals surface area contributed by atoms with Crippen molar-refractivity contribution >= 4 is 17.4 Å². The highest BCUT2D eigenvalue weighted by molar-refractivity contribution is 8.00. The van der Waals surface area contributed by atoms with Crippen LogP contribution in [0.15, 0.2) is 18.2 Å². The Labute approximate surface area is 107 Å². The highest BCUT2D eigenvalue weighted by Crippen LogP contribution is 2.44. The molecule has 1 saturated heterocycles. The van der Waals surface area contributed by atoms with E-state index in [0.717, 1.165) is 17.5 Å². The van der Waals surface area contributed by atoms with E-state index in [1.165, 1.54) is 36.3 Å². The van der Waals surface area contributed by atoms with Gasteiger partial charge in [-0.05, 0) is 54.7 Å². The van der Waals surface area contributed by atoms with Gasteiger partial charge in [-0.3, -0.25) is 0 Å². The molecule has 2 aliphatic heterocycles. The first-order chi connectivity index (χ1) is 8.38. The first-order valence-corrected chi connectivity index (χ1v) is 7.47. The zero-order valence-corrected chi connectivity index (χ0v) is 11.1. The molecule has 2 unspecified atom stereocenters. The lowest BCUT2D eigenvalue weighted by Gasteiger charge is -2.30. The van der Waals surface area contributed by atoms with Crippen molar-refractivity contribution in [2.75, 3.05) is 24.7 Å². The van der Waals surface area contributed by atoms with E-state index >= 15 is 0 Å². The number of thioether (sulfide) groups is 1. The second-order valence-electron chi connectivity index (χ2n) is 4.83. The molecule has 0 aliphatic carbocycles. The van der Waals surface area contributed by atoms with Crippen LogP contribution in [0.2, 0.25) is 0 Å². The first-order valence-electron chi connectivity index (χ1n) is 6.42. The van der Waals surface area contributed by atoms with Crippen molar-refractivity contribution in [2.24, 2.45) is 0 Å². The van der Waals surface area contributed by atoms with Crippen LogP contribution in [0.3, 0.4) is 0 Å². The van der Waals surface area contributed by atoms with Gasteiger partial charge in [0.25, 0.3) is 0 Å². The quantitative estimate of drug-likeness (QED) is 0.867. The summed E-state index contributed by atoms with van der Waals surface area (Å²) in [7, 11) is 1.75. The summed E-state index contributed by atoms with van der Waals surface area (Å²) < 4.78 is 5.36. The number of hydrogen-bond donors (Lipinski definition) is 1. The number of benzene rings is 1. The highest BCUT2D eigenvalue weighted by atomic mass is 32.2. The molecule has 2 aliphatic rings. The van der Waals surface area contributed by atoms with Crippen molar-refractivity contribution in [3.8, 4) is 5.75 Å². The number of nitrogens with one attached hydrogen (secondary N) is 1. The molecular formula is C14H19NOS. The van der Waals surface area contributed by atoms with Crippen LogP contribution in [0, 0.1) is 0 Å². The van der Waals surface area contributed by atoms with Crippen LogP contribution in [-0.4, -0.2) is 24.7 Å². The molecular weight excluding hydrogens is 230 g/mol. The number of ether oxygens (including phenoxy) is 1. The van der Waals surface area contributed by atoms with Gasteiger partial charge in [-0.1, -0.05) is 0 Å². The Bertz CT molecular complexity index is 401. The van der Waals surface area contributed by atoms with Gasteiger partial charge in [0, 0.05) is 17.5 Å². The van der Waals surface area contributed by atoms with E-state index in [1.54, 1.807) is 7.11 Å². The number of methoxy groups -OCH3 is 1. The van der Waals surface area contributed by atoms with Gasteiger partial charge in [0.2, 0.25) is 0 Å². The van der Waals surface area contributed by atoms with Crippen molar-refractivity contribution in [1.29, 1.82) is 0 Å². The number of fused-ring (bicyclic) bond motifs is 1. The summed E-state index contributed by atoms with van der Waals surface area (Å²) in [5, 5.41) is 4.32. The van der Waals surface area contributed by atoms with E-state index < -0.39 is 0 Å². The topological polar surface area (TPSA) is 21.3 Å². The third kappa shape index (κ3) is 2.13. The number of hydrogen-bond acceptors (Lipinski definition) is 3. The maximum atomic E-state index is 5.36. The maximum absolute atomic E-state index is 5.36. The van der Waals surface area contributed by atoms with Crippen LogP contribution in [0.1, 0.15) is 30.7 Å². The molecule has 0 spiro atoms. The standard InChI is InChI=1S/C14H19NOS/c1-16-10-4-5-13-12(9-10)11(6-7-15-13)14-3-2-8-17-14/h4-5,9,11,14-15H,2-3,6-8H2,1H3. The first kappa shape index (κ1) is 11.3. The molecule has 17 heavy (non-hydrogen) atoms. The SMILES string of the molecule is COc1ccc2c(c1)C(C1CCCS1)CCN2. The molecule has 0 bridgehead atoms. The second-order valence-corrected chi connectivity index (χ2v) is 6.17. The third-order valence-corrected chi connectivity index (χ3v) is 5.36. The molecule has 2 atom stereocenters. The molecule has 92 valence electrons. The van der Waals surface area contributed by atoms with E-state index in [4.69, 9.17) is 4.74 Å². The van der Waals surface area contributed by atoms with E-state index in [0.29, 0.717) is 5.92 Å². The van der Waals surface area contributed by atoms with Crippen molar-refractivity contribution in [1.82, 2.24) is 0 Å². The normalized spacial score (nSPS) is 27.4. The Morgan fingerprint density at radius 3 is 3.06 bits per heavy atom. The average molecular weight is 249 g/mol. The monoisotopic (exact) mass is 249 g/mol. The predicted octanol–water partition coefficient (Wildman–Crippen LogP) is 3.49. The largest absolute Gasteiger partial charge is 0.497 e. The Hall–Kier alpha value is -0.830. The minimum Gasteiger partial charge on any atom is -0.497 e. The highest BCUT2D eigenvalue weighted by Gasteiger charge is 2.30. The van der Waals surface area contributed by atoms with E-state index in [1.807, 2.05) is 0 Å². The Morgan fingerprint density at radius 2 is 2.29 bits per heavy atom. The molecule has 1 aromatic carbocycles. The zero-order chi connectivity index (χ0) is 11.7. The van der Waals surface area contributed by atoms with E-state index in [9.17, 15) is 0 Å². The lowest BCUT2D eigenvalue weighted by molar-refractivity contribution is 0.413. The van der Waals surface area contributed by atoms with Gasteiger partial charge >= 0.3 is 0 Å². The fraction of sp³-hybridized carbons (Fsp3) is 0.571. The molecule has 2 heterocycles. The fourth-order valence-corrected chi connectivity index (χ4v) is 4.44. The molecule has 3 heteroatoms. The Kier molecular flexibility index (Phi) is 3.19. The minimum atomic E-state index is 0.717. The maximum Gasteiger partial charge on any atom is 0.119 e. The van der Waals surface area contributed by atoms with Gasteiger partial charge in [-0.25, -0.2) is 0 Å². The van der Waals surface area contributed by atoms with Gasteiger partial charge < -0.3 is 10.1 Å². The average Bonchev–Trinajstić information content (AvgIpc) is 2.91. The number of rotatable bonds is 2. The van der Waals surface area contributed by atoms with Crippen molar-refractivity contribution in [3.05, 3.63) is 23.8 Å². The van der Waals surface area contributed by atoms with Gasteiger partial charge in [0.05, 0.1) is 7.11 Å². The van der Waals surface area contributed by atoms with Gasteiger partial charge in [0.15, 0.2) is 0 Å². The van der Waals surface area contributed by atoms with Crippen LogP contribution in [0.4, 0.5) is 5.69 Å². The zero-order valence-electron chi connectivity index (χ0n) is 10.2.